The lowest BCUT2D eigenvalue weighted by atomic mass is 9.97. The van der Waals surface area contributed by atoms with Gasteiger partial charge in [0.05, 0.1) is 6.10 Å². The highest BCUT2D eigenvalue weighted by Crippen LogP contribution is 2.20. The third-order valence-corrected chi connectivity index (χ3v) is 3.48. The molecule has 0 saturated carbocycles. The number of carbonyl (C=O) groups excluding carboxylic acids is 1. The summed E-state index contributed by atoms with van der Waals surface area (Å²) in [5.74, 6) is 0.358. The Morgan fingerprint density at radius 1 is 1.38 bits per heavy atom. The Morgan fingerprint density at radius 3 is 2.69 bits per heavy atom. The molecule has 3 atom stereocenters. The van der Waals surface area contributed by atoms with E-state index in [-0.39, 0.29) is 18.2 Å². The molecule has 1 rings (SSSR count). The van der Waals surface area contributed by atoms with Crippen LogP contribution in [0.1, 0.15) is 58.8 Å². The molecule has 3 heteroatoms. The van der Waals surface area contributed by atoms with Gasteiger partial charge in [0.2, 0.25) is 0 Å². The molecular formula is C13H24O3. The number of hydrogen-bond donors (Lipinski definition) is 1. The summed E-state index contributed by atoms with van der Waals surface area (Å²) in [7, 11) is 0. The van der Waals surface area contributed by atoms with E-state index in [2.05, 4.69) is 6.92 Å². The van der Waals surface area contributed by atoms with E-state index in [1.165, 1.54) is 6.42 Å². The fourth-order valence-corrected chi connectivity index (χ4v) is 2.04. The molecule has 0 bridgehead atoms. The Bertz CT molecular complexity index is 213. The van der Waals surface area contributed by atoms with Crippen molar-refractivity contribution in [2.24, 2.45) is 5.92 Å². The zero-order chi connectivity index (χ0) is 12.0. The van der Waals surface area contributed by atoms with Crippen LogP contribution < -0.4 is 0 Å². The van der Waals surface area contributed by atoms with E-state index in [1.54, 1.807) is 0 Å². The van der Waals surface area contributed by atoms with E-state index >= 15 is 0 Å². The molecule has 0 amide bonds. The summed E-state index contributed by atoms with van der Waals surface area (Å²) < 4.78 is 5.15. The lowest BCUT2D eigenvalue weighted by Crippen LogP contribution is -2.12. The first-order chi connectivity index (χ1) is 7.59. The monoisotopic (exact) mass is 228 g/mol. The predicted molar refractivity (Wildman–Crippen MR) is 63.0 cm³/mol. The van der Waals surface area contributed by atoms with Gasteiger partial charge in [-0.25, -0.2) is 0 Å². The van der Waals surface area contributed by atoms with E-state index in [4.69, 9.17) is 4.74 Å². The number of aliphatic hydroxyl groups is 1. The van der Waals surface area contributed by atoms with Gasteiger partial charge in [0.25, 0.3) is 0 Å². The highest BCUT2D eigenvalue weighted by atomic mass is 16.5. The number of ether oxygens (including phenoxy) is 1. The van der Waals surface area contributed by atoms with Crippen molar-refractivity contribution in [3.63, 3.8) is 0 Å². The zero-order valence-electron chi connectivity index (χ0n) is 10.4. The second-order valence-electron chi connectivity index (χ2n) is 5.01. The normalized spacial score (nSPS) is 24.2. The molecule has 1 fully saturated rings. The average Bonchev–Trinajstić information content (AvgIpc) is 2.63. The van der Waals surface area contributed by atoms with Gasteiger partial charge in [0, 0.05) is 6.42 Å². The standard InChI is InChI=1S/C13H24O3/c1-10(11(2)14)6-4-3-5-7-12-8-9-13(15)16-12/h10-12,14H,3-9H2,1-2H3. The Morgan fingerprint density at radius 2 is 2.12 bits per heavy atom. The Hall–Kier alpha value is -0.570. The predicted octanol–water partition coefficient (Wildman–Crippen LogP) is 2.66. The topological polar surface area (TPSA) is 46.5 Å². The van der Waals surface area contributed by atoms with Crippen LogP contribution in [0, 0.1) is 5.92 Å². The van der Waals surface area contributed by atoms with Crippen LogP contribution in [0.3, 0.4) is 0 Å². The summed E-state index contributed by atoms with van der Waals surface area (Å²) >= 11 is 0. The lowest BCUT2D eigenvalue weighted by Gasteiger charge is -2.14. The number of cyclic esters (lactones) is 1. The molecule has 0 radical (unpaired) electrons. The molecule has 0 aliphatic carbocycles. The number of hydrogen-bond acceptors (Lipinski definition) is 3. The number of aliphatic hydroxyl groups excluding tert-OH is 1. The van der Waals surface area contributed by atoms with Crippen molar-refractivity contribution >= 4 is 5.97 Å². The molecule has 0 aromatic carbocycles. The van der Waals surface area contributed by atoms with Crippen molar-refractivity contribution in [2.45, 2.75) is 71.0 Å². The van der Waals surface area contributed by atoms with Crippen molar-refractivity contribution in [3.8, 4) is 0 Å². The molecule has 1 aliphatic rings. The molecule has 1 saturated heterocycles. The van der Waals surface area contributed by atoms with Gasteiger partial charge in [0.15, 0.2) is 0 Å². The lowest BCUT2D eigenvalue weighted by molar-refractivity contribution is -0.141. The molecule has 1 N–H and O–H groups in total. The number of unbranched alkanes of at least 4 members (excludes halogenated alkanes) is 2. The van der Waals surface area contributed by atoms with Gasteiger partial charge in [-0.05, 0) is 38.5 Å². The van der Waals surface area contributed by atoms with Crippen molar-refractivity contribution < 1.29 is 14.6 Å². The van der Waals surface area contributed by atoms with Crippen LogP contribution >= 0.6 is 0 Å². The van der Waals surface area contributed by atoms with E-state index in [1.807, 2.05) is 6.92 Å². The maximum absolute atomic E-state index is 10.9. The highest BCUT2D eigenvalue weighted by molar-refractivity contribution is 5.71. The summed E-state index contributed by atoms with van der Waals surface area (Å²) in [6.07, 6.45) is 7.05. The summed E-state index contributed by atoms with van der Waals surface area (Å²) in [4.78, 5) is 10.9. The van der Waals surface area contributed by atoms with Gasteiger partial charge in [-0.15, -0.1) is 0 Å². The van der Waals surface area contributed by atoms with Crippen LogP contribution in [0.25, 0.3) is 0 Å². The first-order valence-electron chi connectivity index (χ1n) is 6.47. The minimum atomic E-state index is -0.198. The average molecular weight is 228 g/mol. The van der Waals surface area contributed by atoms with E-state index < -0.39 is 0 Å². The fourth-order valence-electron chi connectivity index (χ4n) is 2.04. The number of carbonyl (C=O) groups is 1. The summed E-state index contributed by atoms with van der Waals surface area (Å²) in [6.45, 7) is 3.94. The summed E-state index contributed by atoms with van der Waals surface area (Å²) in [6, 6.07) is 0. The van der Waals surface area contributed by atoms with E-state index in [9.17, 15) is 9.90 Å². The summed E-state index contributed by atoms with van der Waals surface area (Å²) in [5, 5.41) is 9.32. The van der Waals surface area contributed by atoms with E-state index in [0.717, 1.165) is 32.1 Å². The van der Waals surface area contributed by atoms with E-state index in [0.29, 0.717) is 12.3 Å². The molecular weight excluding hydrogens is 204 g/mol. The molecule has 1 aliphatic heterocycles. The molecule has 3 unspecified atom stereocenters. The van der Waals surface area contributed by atoms with Gasteiger partial charge in [-0.2, -0.15) is 0 Å². The van der Waals surface area contributed by atoms with Crippen molar-refractivity contribution in [2.75, 3.05) is 0 Å². The largest absolute Gasteiger partial charge is 0.462 e. The third kappa shape index (κ3) is 4.97. The van der Waals surface area contributed by atoms with Gasteiger partial charge in [-0.1, -0.05) is 19.8 Å². The van der Waals surface area contributed by atoms with Crippen LogP contribution in [0.2, 0.25) is 0 Å². The third-order valence-electron chi connectivity index (χ3n) is 3.48. The molecule has 16 heavy (non-hydrogen) atoms. The highest BCUT2D eigenvalue weighted by Gasteiger charge is 2.22. The first-order valence-corrected chi connectivity index (χ1v) is 6.47. The Balaban J connectivity index is 1.94. The quantitative estimate of drug-likeness (QED) is 0.538. The van der Waals surface area contributed by atoms with Crippen LogP contribution in [0.15, 0.2) is 0 Å². The minimum Gasteiger partial charge on any atom is -0.462 e. The molecule has 3 nitrogen and oxygen atoms in total. The fraction of sp³-hybridized carbons (Fsp3) is 0.923. The van der Waals surface area contributed by atoms with Gasteiger partial charge in [0.1, 0.15) is 6.10 Å². The van der Waals surface area contributed by atoms with Gasteiger partial charge >= 0.3 is 5.97 Å². The zero-order valence-corrected chi connectivity index (χ0v) is 10.4. The number of rotatable bonds is 7. The smallest absolute Gasteiger partial charge is 0.306 e. The molecule has 94 valence electrons. The first kappa shape index (κ1) is 13.5. The molecule has 1 heterocycles. The van der Waals surface area contributed by atoms with Crippen LogP contribution in [-0.4, -0.2) is 23.3 Å². The maximum Gasteiger partial charge on any atom is 0.306 e. The molecule has 0 aromatic heterocycles. The Labute approximate surface area is 98.2 Å². The second-order valence-corrected chi connectivity index (χ2v) is 5.01. The van der Waals surface area contributed by atoms with Gasteiger partial charge in [-0.3, -0.25) is 4.79 Å². The van der Waals surface area contributed by atoms with Crippen molar-refractivity contribution in [1.29, 1.82) is 0 Å². The van der Waals surface area contributed by atoms with Gasteiger partial charge < -0.3 is 9.84 Å². The molecule has 0 aromatic rings. The van der Waals surface area contributed by atoms with Crippen LogP contribution in [0.5, 0.6) is 0 Å². The van der Waals surface area contributed by atoms with Crippen molar-refractivity contribution in [3.05, 3.63) is 0 Å². The Kier molecular flexibility index (Phi) is 5.81. The second kappa shape index (κ2) is 6.89. The molecule has 0 spiro atoms. The maximum atomic E-state index is 10.9. The van der Waals surface area contributed by atoms with Crippen LogP contribution in [0.4, 0.5) is 0 Å². The SMILES string of the molecule is CC(O)C(C)CCCCCC1CCC(=O)O1. The minimum absolute atomic E-state index is 0.0345. The number of esters is 1. The van der Waals surface area contributed by atoms with Crippen molar-refractivity contribution in [1.82, 2.24) is 0 Å². The summed E-state index contributed by atoms with van der Waals surface area (Å²) in [5.41, 5.74) is 0. The van der Waals surface area contributed by atoms with Crippen LogP contribution in [-0.2, 0) is 9.53 Å².